The molecule has 0 aromatic heterocycles. The quantitative estimate of drug-likeness (QED) is 0.476. The lowest BCUT2D eigenvalue weighted by molar-refractivity contribution is 0.0697. The first-order chi connectivity index (χ1) is 9.99. The van der Waals surface area contributed by atoms with Crippen molar-refractivity contribution in [2.75, 3.05) is 5.43 Å². The third kappa shape index (κ3) is 3.88. The number of hydrogen-bond donors (Lipinski definition) is 2. The van der Waals surface area contributed by atoms with Crippen LogP contribution >= 0.6 is 34.8 Å². The minimum atomic E-state index is -0.984. The summed E-state index contributed by atoms with van der Waals surface area (Å²) in [6.07, 6.45) is 1.45. The number of carboxylic acids is 1. The molecule has 0 saturated heterocycles. The van der Waals surface area contributed by atoms with Crippen molar-refractivity contribution in [1.82, 2.24) is 0 Å². The van der Waals surface area contributed by atoms with Gasteiger partial charge in [0.15, 0.2) is 0 Å². The van der Waals surface area contributed by atoms with Crippen LogP contribution in [0.5, 0.6) is 0 Å². The van der Waals surface area contributed by atoms with E-state index in [4.69, 9.17) is 39.9 Å². The van der Waals surface area contributed by atoms with Gasteiger partial charge in [-0.1, -0.05) is 34.8 Å². The Labute approximate surface area is 135 Å². The van der Waals surface area contributed by atoms with Crippen LogP contribution in [0.25, 0.3) is 0 Å². The van der Waals surface area contributed by atoms with Crippen LogP contribution in [0.4, 0.5) is 5.69 Å². The van der Waals surface area contributed by atoms with Gasteiger partial charge in [-0.3, -0.25) is 5.43 Å². The molecule has 0 unspecified atom stereocenters. The zero-order valence-electron chi connectivity index (χ0n) is 10.5. The molecule has 4 nitrogen and oxygen atoms in total. The van der Waals surface area contributed by atoms with Crippen LogP contribution in [0.3, 0.4) is 0 Å². The molecule has 0 aliphatic carbocycles. The molecule has 0 aliphatic rings. The second-order valence-corrected chi connectivity index (χ2v) is 5.20. The number of nitrogens with one attached hydrogen (secondary N) is 1. The van der Waals surface area contributed by atoms with E-state index in [0.29, 0.717) is 26.3 Å². The van der Waals surface area contributed by atoms with Crippen LogP contribution in [0.2, 0.25) is 15.1 Å². The van der Waals surface area contributed by atoms with Crippen LogP contribution in [0.15, 0.2) is 41.5 Å². The number of hydrazone groups is 1. The molecule has 0 spiro atoms. The number of hydrogen-bond acceptors (Lipinski definition) is 3. The molecule has 0 radical (unpaired) electrons. The fourth-order valence-electron chi connectivity index (χ4n) is 1.52. The molecule has 7 heteroatoms. The topological polar surface area (TPSA) is 61.7 Å². The van der Waals surface area contributed by atoms with E-state index < -0.39 is 5.97 Å². The van der Waals surface area contributed by atoms with Crippen LogP contribution in [-0.2, 0) is 0 Å². The van der Waals surface area contributed by atoms with Crippen molar-refractivity contribution in [3.05, 3.63) is 62.6 Å². The standard InChI is InChI=1S/C14H9Cl3N2O2/c15-11-5-6-12(16)13(17)10(11)7-18-19-9-3-1-8(2-4-9)14(20)21/h1-7,19H,(H,20,21). The predicted molar refractivity (Wildman–Crippen MR) is 86.1 cm³/mol. The van der Waals surface area contributed by atoms with Gasteiger partial charge >= 0.3 is 5.97 Å². The summed E-state index contributed by atoms with van der Waals surface area (Å²) in [7, 11) is 0. The SMILES string of the molecule is O=C(O)c1ccc(NN=Cc2c(Cl)ccc(Cl)c2Cl)cc1. The zero-order valence-corrected chi connectivity index (χ0v) is 12.7. The second kappa shape index (κ2) is 6.80. The molecule has 108 valence electrons. The van der Waals surface area contributed by atoms with E-state index in [0.717, 1.165) is 0 Å². The predicted octanol–water partition coefficient (Wildman–Crippen LogP) is 4.79. The summed E-state index contributed by atoms with van der Waals surface area (Å²) in [5.41, 5.74) is 4.08. The third-order valence-electron chi connectivity index (χ3n) is 2.60. The number of nitrogens with zero attached hydrogens (tertiary/aromatic N) is 1. The highest BCUT2D eigenvalue weighted by Crippen LogP contribution is 2.30. The molecular formula is C14H9Cl3N2O2. The lowest BCUT2D eigenvalue weighted by atomic mass is 10.2. The van der Waals surface area contributed by atoms with Gasteiger partial charge in [0.1, 0.15) is 0 Å². The van der Waals surface area contributed by atoms with Gasteiger partial charge in [0.25, 0.3) is 0 Å². The molecule has 0 bridgehead atoms. The van der Waals surface area contributed by atoms with Crippen molar-refractivity contribution in [3.63, 3.8) is 0 Å². The monoisotopic (exact) mass is 342 g/mol. The summed E-state index contributed by atoms with van der Waals surface area (Å²) < 4.78 is 0. The van der Waals surface area contributed by atoms with Crippen molar-refractivity contribution in [2.45, 2.75) is 0 Å². The Morgan fingerprint density at radius 3 is 2.29 bits per heavy atom. The Morgan fingerprint density at radius 1 is 1.05 bits per heavy atom. The first-order valence-electron chi connectivity index (χ1n) is 5.75. The molecule has 2 N–H and O–H groups in total. The molecule has 0 amide bonds. The summed E-state index contributed by atoms with van der Waals surface area (Å²) >= 11 is 17.9. The smallest absolute Gasteiger partial charge is 0.335 e. The average molecular weight is 344 g/mol. The first-order valence-corrected chi connectivity index (χ1v) is 6.88. The largest absolute Gasteiger partial charge is 0.478 e. The van der Waals surface area contributed by atoms with E-state index in [1.807, 2.05) is 0 Å². The van der Waals surface area contributed by atoms with Crippen LogP contribution in [0, 0.1) is 0 Å². The van der Waals surface area contributed by atoms with Gasteiger partial charge in [0, 0.05) is 5.56 Å². The van der Waals surface area contributed by atoms with E-state index in [9.17, 15) is 4.79 Å². The Bertz CT molecular complexity index is 700. The molecule has 2 aromatic rings. The summed E-state index contributed by atoms with van der Waals surface area (Å²) in [6.45, 7) is 0. The summed E-state index contributed by atoms with van der Waals surface area (Å²) in [5, 5.41) is 13.9. The van der Waals surface area contributed by atoms with Gasteiger partial charge in [-0.15, -0.1) is 0 Å². The molecule has 21 heavy (non-hydrogen) atoms. The minimum absolute atomic E-state index is 0.199. The average Bonchev–Trinajstić information content (AvgIpc) is 2.47. The van der Waals surface area contributed by atoms with Gasteiger partial charge in [-0.25, -0.2) is 4.79 Å². The maximum atomic E-state index is 10.7. The zero-order chi connectivity index (χ0) is 15.4. The van der Waals surface area contributed by atoms with E-state index in [-0.39, 0.29) is 5.56 Å². The van der Waals surface area contributed by atoms with Crippen molar-refractivity contribution < 1.29 is 9.90 Å². The molecule has 0 heterocycles. The number of benzene rings is 2. The van der Waals surface area contributed by atoms with Gasteiger partial charge in [-0.2, -0.15) is 5.10 Å². The lowest BCUT2D eigenvalue weighted by Crippen LogP contribution is -1.97. The Balaban J connectivity index is 2.13. The van der Waals surface area contributed by atoms with E-state index in [1.165, 1.54) is 18.3 Å². The van der Waals surface area contributed by atoms with Gasteiger partial charge in [-0.05, 0) is 36.4 Å². The first kappa shape index (κ1) is 15.6. The number of carbonyl (C=O) groups is 1. The summed E-state index contributed by atoms with van der Waals surface area (Å²) in [4.78, 5) is 10.7. The second-order valence-electron chi connectivity index (χ2n) is 4.01. The number of rotatable bonds is 4. The van der Waals surface area contributed by atoms with Crippen molar-refractivity contribution in [2.24, 2.45) is 5.10 Å². The fourth-order valence-corrected chi connectivity index (χ4v) is 2.15. The molecular weight excluding hydrogens is 335 g/mol. The van der Waals surface area contributed by atoms with E-state index in [1.54, 1.807) is 24.3 Å². The Hall–Kier alpha value is -1.75. The van der Waals surface area contributed by atoms with Crippen molar-refractivity contribution >= 4 is 52.7 Å². The molecule has 2 aromatic carbocycles. The van der Waals surface area contributed by atoms with Crippen LogP contribution < -0.4 is 5.43 Å². The number of anilines is 1. The van der Waals surface area contributed by atoms with Gasteiger partial charge in [0.05, 0.1) is 32.5 Å². The van der Waals surface area contributed by atoms with E-state index in [2.05, 4.69) is 10.5 Å². The summed E-state index contributed by atoms with van der Waals surface area (Å²) in [5.74, 6) is -0.984. The Morgan fingerprint density at radius 2 is 1.67 bits per heavy atom. The number of aromatic carboxylic acids is 1. The van der Waals surface area contributed by atoms with E-state index >= 15 is 0 Å². The number of halogens is 3. The Kier molecular flexibility index (Phi) is 5.07. The minimum Gasteiger partial charge on any atom is -0.478 e. The number of carboxylic acid groups (broad SMARTS) is 1. The van der Waals surface area contributed by atoms with Crippen molar-refractivity contribution in [1.29, 1.82) is 0 Å². The summed E-state index contributed by atoms with van der Waals surface area (Å²) in [6, 6.07) is 9.36. The van der Waals surface area contributed by atoms with Crippen LogP contribution in [-0.4, -0.2) is 17.3 Å². The molecule has 0 aliphatic heterocycles. The highest BCUT2D eigenvalue weighted by molar-refractivity contribution is 6.45. The highest BCUT2D eigenvalue weighted by atomic mass is 35.5. The van der Waals surface area contributed by atoms with Crippen LogP contribution in [0.1, 0.15) is 15.9 Å². The highest BCUT2D eigenvalue weighted by Gasteiger charge is 2.07. The fraction of sp³-hybridized carbons (Fsp3) is 0. The van der Waals surface area contributed by atoms with Gasteiger partial charge < -0.3 is 5.11 Å². The molecule has 0 atom stereocenters. The van der Waals surface area contributed by atoms with Crippen molar-refractivity contribution in [3.8, 4) is 0 Å². The maximum Gasteiger partial charge on any atom is 0.335 e. The molecule has 0 saturated carbocycles. The lowest BCUT2D eigenvalue weighted by Gasteiger charge is -2.04. The normalized spacial score (nSPS) is 10.8. The third-order valence-corrected chi connectivity index (χ3v) is 3.75. The maximum absolute atomic E-state index is 10.7. The van der Waals surface area contributed by atoms with Gasteiger partial charge in [0.2, 0.25) is 0 Å². The molecule has 0 fully saturated rings. The molecule has 2 rings (SSSR count).